The second-order valence-corrected chi connectivity index (χ2v) is 4.41. The van der Waals surface area contributed by atoms with E-state index in [1.807, 2.05) is 0 Å². The molecule has 7 nitrogen and oxygen atoms in total. The molecule has 1 aromatic heterocycles. The molecule has 0 aromatic carbocycles. The lowest BCUT2D eigenvalue weighted by Crippen LogP contribution is -2.24. The first-order chi connectivity index (χ1) is 9.06. The van der Waals surface area contributed by atoms with Crippen LogP contribution in [0.1, 0.15) is 25.6 Å². The van der Waals surface area contributed by atoms with Crippen LogP contribution in [-0.4, -0.2) is 41.4 Å². The fraction of sp³-hybridized carbons (Fsp3) is 0.583. The summed E-state index contributed by atoms with van der Waals surface area (Å²) >= 11 is 0. The highest BCUT2D eigenvalue weighted by Gasteiger charge is 2.06. The maximum absolute atomic E-state index is 11.4. The summed E-state index contributed by atoms with van der Waals surface area (Å²) in [5.41, 5.74) is 2.52. The van der Waals surface area contributed by atoms with Crippen molar-refractivity contribution in [2.75, 3.05) is 31.4 Å². The summed E-state index contributed by atoms with van der Waals surface area (Å²) < 4.78 is 0. The largest absolute Gasteiger partial charge is 0.369 e. The predicted octanol–water partition coefficient (Wildman–Crippen LogP) is 0.605. The van der Waals surface area contributed by atoms with Gasteiger partial charge in [-0.3, -0.25) is 4.79 Å². The summed E-state index contributed by atoms with van der Waals surface area (Å²) in [5.74, 6) is 7.43. The predicted molar refractivity (Wildman–Crippen MR) is 75.6 cm³/mol. The van der Waals surface area contributed by atoms with Gasteiger partial charge in [-0.05, 0) is 6.42 Å². The number of hydrogen-bond donors (Lipinski definition) is 3. The van der Waals surface area contributed by atoms with Crippen molar-refractivity contribution in [1.29, 1.82) is 0 Å². The number of rotatable bonds is 7. The fourth-order valence-electron chi connectivity index (χ4n) is 1.52. The van der Waals surface area contributed by atoms with E-state index >= 15 is 0 Å². The molecule has 1 aromatic rings. The molecule has 0 atom stereocenters. The Bertz CT molecular complexity index is 421. The summed E-state index contributed by atoms with van der Waals surface area (Å²) in [5, 5.41) is 3.11. The third kappa shape index (κ3) is 5.09. The third-order valence-corrected chi connectivity index (χ3v) is 2.54. The van der Waals surface area contributed by atoms with Crippen molar-refractivity contribution >= 4 is 17.5 Å². The average molecular weight is 266 g/mol. The van der Waals surface area contributed by atoms with Crippen LogP contribution in [0.5, 0.6) is 0 Å². The number of hydrazine groups is 1. The minimum Gasteiger partial charge on any atom is -0.369 e. The number of amides is 1. The van der Waals surface area contributed by atoms with E-state index in [0.717, 1.165) is 18.7 Å². The molecule has 0 saturated carbocycles. The topological polar surface area (TPSA) is 96.2 Å². The lowest BCUT2D eigenvalue weighted by molar-refractivity contribution is -0.128. The average Bonchev–Trinajstić information content (AvgIpc) is 2.38. The van der Waals surface area contributed by atoms with Crippen molar-refractivity contribution in [2.24, 2.45) is 5.84 Å². The van der Waals surface area contributed by atoms with E-state index in [4.69, 9.17) is 5.84 Å². The van der Waals surface area contributed by atoms with E-state index < -0.39 is 0 Å². The van der Waals surface area contributed by atoms with Crippen LogP contribution in [0.3, 0.4) is 0 Å². The van der Waals surface area contributed by atoms with Crippen molar-refractivity contribution in [3.05, 3.63) is 11.9 Å². The highest BCUT2D eigenvalue weighted by molar-refractivity contribution is 5.76. The molecule has 1 amide bonds. The summed E-state index contributed by atoms with van der Waals surface area (Å²) in [7, 11) is 3.48. The van der Waals surface area contributed by atoms with Crippen molar-refractivity contribution in [1.82, 2.24) is 14.9 Å². The maximum Gasteiger partial charge on any atom is 0.223 e. The quantitative estimate of drug-likeness (QED) is 0.494. The number of nitrogens with zero attached hydrogens (tertiary/aromatic N) is 3. The smallest absolute Gasteiger partial charge is 0.223 e. The van der Waals surface area contributed by atoms with Gasteiger partial charge in [-0.25, -0.2) is 15.8 Å². The van der Waals surface area contributed by atoms with Crippen molar-refractivity contribution in [2.45, 2.75) is 26.2 Å². The minimum absolute atomic E-state index is 0.0764. The number of carbonyl (C=O) groups excluding carboxylic acids is 1. The Labute approximate surface area is 113 Å². The fourth-order valence-corrected chi connectivity index (χ4v) is 1.52. The van der Waals surface area contributed by atoms with Crippen LogP contribution >= 0.6 is 0 Å². The Morgan fingerprint density at radius 1 is 1.37 bits per heavy atom. The first-order valence-corrected chi connectivity index (χ1v) is 6.35. The molecule has 0 saturated heterocycles. The molecule has 0 aliphatic carbocycles. The second kappa shape index (κ2) is 7.52. The number of nitrogen functional groups attached to an aromatic ring is 1. The van der Waals surface area contributed by atoms with E-state index in [1.165, 1.54) is 0 Å². The Morgan fingerprint density at radius 3 is 2.63 bits per heavy atom. The molecule has 0 aliphatic rings. The van der Waals surface area contributed by atoms with E-state index in [0.29, 0.717) is 24.6 Å². The first-order valence-electron chi connectivity index (χ1n) is 6.35. The molecule has 0 bridgehead atoms. The van der Waals surface area contributed by atoms with Crippen molar-refractivity contribution < 1.29 is 4.79 Å². The summed E-state index contributed by atoms with van der Waals surface area (Å²) in [6, 6.07) is 1.72. The Kier molecular flexibility index (Phi) is 6.01. The minimum atomic E-state index is 0.0764. The van der Waals surface area contributed by atoms with Gasteiger partial charge in [0.25, 0.3) is 0 Å². The zero-order valence-corrected chi connectivity index (χ0v) is 11.7. The van der Waals surface area contributed by atoms with Crippen LogP contribution < -0.4 is 16.6 Å². The highest BCUT2D eigenvalue weighted by atomic mass is 16.2. The number of nitrogens with two attached hydrogens (primary N) is 1. The van der Waals surface area contributed by atoms with E-state index in [2.05, 4.69) is 27.6 Å². The van der Waals surface area contributed by atoms with Gasteiger partial charge in [0.05, 0.1) is 0 Å². The monoisotopic (exact) mass is 266 g/mol. The van der Waals surface area contributed by atoms with Gasteiger partial charge >= 0.3 is 0 Å². The molecule has 1 heterocycles. The molecule has 0 aliphatic heterocycles. The van der Waals surface area contributed by atoms with Gasteiger partial charge in [-0.15, -0.1) is 0 Å². The third-order valence-electron chi connectivity index (χ3n) is 2.54. The molecule has 0 spiro atoms. The molecule has 4 N–H and O–H groups in total. The highest BCUT2D eigenvalue weighted by Crippen LogP contribution is 2.11. The maximum atomic E-state index is 11.4. The van der Waals surface area contributed by atoms with E-state index in [9.17, 15) is 4.79 Å². The molecule has 0 fully saturated rings. The van der Waals surface area contributed by atoms with Crippen LogP contribution in [-0.2, 0) is 11.2 Å². The first kappa shape index (κ1) is 15.2. The molecular formula is C12H22N6O. The SMILES string of the molecule is CCCc1nc(NN)cc(NCCC(=O)N(C)C)n1. The zero-order valence-electron chi connectivity index (χ0n) is 11.7. The number of hydrogen-bond acceptors (Lipinski definition) is 6. The Balaban J connectivity index is 2.61. The van der Waals surface area contributed by atoms with Crippen LogP contribution in [0.25, 0.3) is 0 Å². The molecule has 106 valence electrons. The molecular weight excluding hydrogens is 244 g/mol. The Hall–Kier alpha value is -1.89. The van der Waals surface area contributed by atoms with E-state index in [1.54, 1.807) is 25.1 Å². The van der Waals surface area contributed by atoms with Gasteiger partial charge in [-0.1, -0.05) is 6.92 Å². The summed E-state index contributed by atoms with van der Waals surface area (Å²) in [6.45, 7) is 2.60. The van der Waals surface area contributed by atoms with Gasteiger partial charge in [0.15, 0.2) is 0 Å². The van der Waals surface area contributed by atoms with Crippen LogP contribution in [0, 0.1) is 0 Å². The van der Waals surface area contributed by atoms with Crippen LogP contribution in [0.2, 0.25) is 0 Å². The lowest BCUT2D eigenvalue weighted by atomic mass is 10.3. The molecule has 7 heteroatoms. The number of carbonyl (C=O) groups is 1. The number of aryl methyl sites for hydroxylation is 1. The van der Waals surface area contributed by atoms with Gasteiger partial charge in [0.1, 0.15) is 17.5 Å². The molecule has 0 radical (unpaired) electrons. The number of anilines is 2. The van der Waals surface area contributed by atoms with Gasteiger partial charge in [-0.2, -0.15) is 0 Å². The van der Waals surface area contributed by atoms with Gasteiger partial charge < -0.3 is 15.6 Å². The zero-order chi connectivity index (χ0) is 14.3. The molecule has 1 rings (SSSR count). The number of nitrogens with one attached hydrogen (secondary N) is 2. The lowest BCUT2D eigenvalue weighted by Gasteiger charge is -2.12. The molecule has 0 unspecified atom stereocenters. The second-order valence-electron chi connectivity index (χ2n) is 4.41. The van der Waals surface area contributed by atoms with Crippen LogP contribution in [0.4, 0.5) is 11.6 Å². The van der Waals surface area contributed by atoms with Gasteiger partial charge in [0.2, 0.25) is 5.91 Å². The van der Waals surface area contributed by atoms with Crippen LogP contribution in [0.15, 0.2) is 6.07 Å². The normalized spacial score (nSPS) is 10.1. The Morgan fingerprint density at radius 2 is 2.05 bits per heavy atom. The van der Waals surface area contributed by atoms with E-state index in [-0.39, 0.29) is 5.91 Å². The molecule has 19 heavy (non-hydrogen) atoms. The summed E-state index contributed by atoms with van der Waals surface area (Å²) in [6.07, 6.45) is 2.18. The standard InChI is InChI=1S/C12H22N6O/c1-4-5-9-15-10(8-11(16-9)17-13)14-7-6-12(19)18(2)3/h8H,4-7,13H2,1-3H3,(H2,14,15,16,17). The van der Waals surface area contributed by atoms with Crippen molar-refractivity contribution in [3.63, 3.8) is 0 Å². The summed E-state index contributed by atoms with van der Waals surface area (Å²) in [4.78, 5) is 21.6. The van der Waals surface area contributed by atoms with Gasteiger partial charge in [0, 0.05) is 39.5 Å². The van der Waals surface area contributed by atoms with Crippen molar-refractivity contribution in [3.8, 4) is 0 Å². The number of aromatic nitrogens is 2.